The van der Waals surface area contributed by atoms with Gasteiger partial charge >= 0.3 is 12.1 Å². The lowest BCUT2D eigenvalue weighted by molar-refractivity contribution is -0.141. The third-order valence-corrected chi connectivity index (χ3v) is 3.13. The van der Waals surface area contributed by atoms with Crippen molar-refractivity contribution in [3.8, 4) is 5.75 Å². The van der Waals surface area contributed by atoms with Crippen molar-refractivity contribution in [3.63, 3.8) is 0 Å². The number of aromatic nitrogens is 2. The number of fused-ring (bicyclic) bond motifs is 3. The maximum Gasteiger partial charge on any atom is 0.436 e. The van der Waals surface area contributed by atoms with Gasteiger partial charge in [-0.2, -0.15) is 18.3 Å². The molecule has 0 aliphatic carbocycles. The number of pyridine rings is 1. The van der Waals surface area contributed by atoms with Crippen LogP contribution in [0.3, 0.4) is 0 Å². The molecule has 0 aromatic carbocycles. The zero-order chi connectivity index (χ0) is 14.5. The van der Waals surface area contributed by atoms with Crippen LogP contribution in [-0.2, 0) is 17.3 Å². The van der Waals surface area contributed by atoms with E-state index in [1.807, 2.05) is 0 Å². The topological polar surface area (TPSA) is 52.8 Å². The molecule has 8 heteroatoms. The Hall–Kier alpha value is -2.25. The molecule has 3 heterocycles. The molecule has 0 spiro atoms. The molecule has 0 N–H and O–H groups in total. The second-order valence-electron chi connectivity index (χ2n) is 4.26. The van der Waals surface area contributed by atoms with Gasteiger partial charge in [0.05, 0.1) is 19.2 Å². The van der Waals surface area contributed by atoms with Crippen LogP contribution < -0.4 is 4.74 Å². The highest BCUT2D eigenvalue weighted by atomic mass is 19.4. The summed E-state index contributed by atoms with van der Waals surface area (Å²) in [6, 6.07) is 1.53. The highest BCUT2D eigenvalue weighted by Crippen LogP contribution is 2.37. The molecule has 1 aliphatic rings. The lowest BCUT2D eigenvalue weighted by Crippen LogP contribution is -2.13. The van der Waals surface area contributed by atoms with Gasteiger partial charge in [0.25, 0.3) is 0 Å². The van der Waals surface area contributed by atoms with E-state index in [2.05, 4.69) is 9.84 Å². The van der Waals surface area contributed by atoms with E-state index < -0.39 is 23.4 Å². The van der Waals surface area contributed by atoms with Gasteiger partial charge in [-0.25, -0.2) is 9.31 Å². The number of methoxy groups -OCH3 is 1. The Morgan fingerprint density at radius 1 is 1.50 bits per heavy atom. The van der Waals surface area contributed by atoms with Crippen molar-refractivity contribution in [1.82, 2.24) is 9.61 Å². The summed E-state index contributed by atoms with van der Waals surface area (Å²) >= 11 is 0. The lowest BCUT2D eigenvalue weighted by atomic mass is 10.1. The molecule has 0 unspecified atom stereocenters. The molecule has 5 nitrogen and oxygen atoms in total. The number of ether oxygens (including phenoxy) is 2. The van der Waals surface area contributed by atoms with Crippen LogP contribution in [0, 0.1) is 0 Å². The van der Waals surface area contributed by atoms with Crippen LogP contribution in [0.15, 0.2) is 12.3 Å². The van der Waals surface area contributed by atoms with E-state index in [-0.39, 0.29) is 5.52 Å². The SMILES string of the molecule is COC(=O)c1c(C(F)(F)F)nn2ccc3c(c12)CCO3. The summed E-state index contributed by atoms with van der Waals surface area (Å²) in [6.07, 6.45) is -2.98. The summed E-state index contributed by atoms with van der Waals surface area (Å²) in [5.41, 5.74) is -1.18. The summed E-state index contributed by atoms with van der Waals surface area (Å²) in [6.45, 7) is 0.363. The number of alkyl halides is 3. The molecule has 0 amide bonds. The monoisotopic (exact) mass is 286 g/mol. The maximum atomic E-state index is 13.0. The lowest BCUT2D eigenvalue weighted by Gasteiger charge is -2.05. The van der Waals surface area contributed by atoms with Gasteiger partial charge in [0, 0.05) is 18.2 Å². The van der Waals surface area contributed by atoms with Gasteiger partial charge < -0.3 is 9.47 Å². The molecule has 0 saturated carbocycles. The third-order valence-electron chi connectivity index (χ3n) is 3.13. The van der Waals surface area contributed by atoms with Gasteiger partial charge in [-0.3, -0.25) is 0 Å². The Morgan fingerprint density at radius 2 is 2.25 bits per heavy atom. The van der Waals surface area contributed by atoms with Gasteiger partial charge in [0.1, 0.15) is 11.3 Å². The summed E-state index contributed by atoms with van der Waals surface area (Å²) in [5.74, 6) is -0.594. The van der Waals surface area contributed by atoms with Crippen molar-refractivity contribution in [2.24, 2.45) is 0 Å². The highest BCUT2D eigenvalue weighted by molar-refractivity contribution is 6.00. The predicted molar refractivity (Wildman–Crippen MR) is 60.7 cm³/mol. The smallest absolute Gasteiger partial charge is 0.436 e. The van der Waals surface area contributed by atoms with Crippen LogP contribution in [0.2, 0.25) is 0 Å². The van der Waals surface area contributed by atoms with Crippen LogP contribution in [-0.4, -0.2) is 29.3 Å². The van der Waals surface area contributed by atoms with Crippen LogP contribution in [0.1, 0.15) is 21.6 Å². The fourth-order valence-electron chi connectivity index (χ4n) is 2.32. The van der Waals surface area contributed by atoms with Crippen LogP contribution in [0.4, 0.5) is 13.2 Å². The predicted octanol–water partition coefficient (Wildman–Crippen LogP) is 2.07. The van der Waals surface area contributed by atoms with Crippen molar-refractivity contribution < 1.29 is 27.4 Å². The minimum atomic E-state index is -4.73. The molecule has 0 atom stereocenters. The summed E-state index contributed by atoms with van der Waals surface area (Å²) < 4.78 is 49.9. The highest BCUT2D eigenvalue weighted by Gasteiger charge is 2.41. The van der Waals surface area contributed by atoms with E-state index in [1.165, 1.54) is 12.3 Å². The average molecular weight is 286 g/mol. The average Bonchev–Trinajstić information content (AvgIpc) is 2.99. The quantitative estimate of drug-likeness (QED) is 0.753. The van der Waals surface area contributed by atoms with E-state index in [0.717, 1.165) is 11.6 Å². The Bertz CT molecular complexity index is 706. The molecule has 0 radical (unpaired) electrons. The molecular formula is C12H9F3N2O3. The molecule has 1 aliphatic heterocycles. The molecular weight excluding hydrogens is 277 g/mol. The van der Waals surface area contributed by atoms with Crippen molar-refractivity contribution in [2.45, 2.75) is 12.6 Å². The largest absolute Gasteiger partial charge is 0.493 e. The van der Waals surface area contributed by atoms with E-state index in [4.69, 9.17) is 4.74 Å². The van der Waals surface area contributed by atoms with Gasteiger partial charge in [0.2, 0.25) is 0 Å². The zero-order valence-electron chi connectivity index (χ0n) is 10.3. The van der Waals surface area contributed by atoms with Gasteiger partial charge in [-0.05, 0) is 6.07 Å². The third kappa shape index (κ3) is 1.71. The van der Waals surface area contributed by atoms with Crippen LogP contribution in [0.25, 0.3) is 5.52 Å². The van der Waals surface area contributed by atoms with Gasteiger partial charge in [0.15, 0.2) is 5.69 Å². The standard InChI is InChI=1S/C12H9F3N2O3/c1-19-11(18)8-9-6-3-5-20-7(6)2-4-17(9)16-10(8)12(13,14)15/h2,4H,3,5H2,1H3. The summed E-state index contributed by atoms with van der Waals surface area (Å²) in [4.78, 5) is 11.7. The first-order chi connectivity index (χ1) is 9.43. The second-order valence-corrected chi connectivity index (χ2v) is 4.26. The van der Waals surface area contributed by atoms with E-state index in [9.17, 15) is 18.0 Å². The minimum absolute atomic E-state index is 0.0965. The van der Waals surface area contributed by atoms with E-state index in [1.54, 1.807) is 0 Å². The number of halogens is 3. The van der Waals surface area contributed by atoms with Crippen molar-refractivity contribution in [1.29, 1.82) is 0 Å². The normalized spacial score (nSPS) is 14.2. The molecule has 106 valence electrons. The summed E-state index contributed by atoms with van der Waals surface area (Å²) in [7, 11) is 1.03. The summed E-state index contributed by atoms with van der Waals surface area (Å²) in [5, 5.41) is 3.47. The van der Waals surface area contributed by atoms with Crippen molar-refractivity contribution >= 4 is 11.5 Å². The van der Waals surface area contributed by atoms with E-state index in [0.29, 0.717) is 24.3 Å². The maximum absolute atomic E-state index is 13.0. The Balaban J connectivity index is 2.39. The number of hydrogen-bond donors (Lipinski definition) is 0. The number of hydrogen-bond acceptors (Lipinski definition) is 4. The Morgan fingerprint density at radius 3 is 2.90 bits per heavy atom. The van der Waals surface area contributed by atoms with Crippen LogP contribution >= 0.6 is 0 Å². The Labute approximate surface area is 110 Å². The molecule has 20 heavy (non-hydrogen) atoms. The van der Waals surface area contributed by atoms with Crippen molar-refractivity contribution in [2.75, 3.05) is 13.7 Å². The molecule has 3 rings (SSSR count). The number of esters is 1. The zero-order valence-corrected chi connectivity index (χ0v) is 10.3. The Kier molecular flexibility index (Phi) is 2.63. The first-order valence-corrected chi connectivity index (χ1v) is 5.76. The van der Waals surface area contributed by atoms with Crippen LogP contribution in [0.5, 0.6) is 5.75 Å². The van der Waals surface area contributed by atoms with E-state index >= 15 is 0 Å². The number of carbonyl (C=O) groups excluding carboxylic acids is 1. The number of nitrogens with zero attached hydrogens (tertiary/aromatic N) is 2. The molecule has 2 aromatic heterocycles. The number of rotatable bonds is 1. The van der Waals surface area contributed by atoms with Gasteiger partial charge in [-0.15, -0.1) is 0 Å². The first-order valence-electron chi connectivity index (χ1n) is 5.76. The fraction of sp³-hybridized carbons (Fsp3) is 0.333. The fourth-order valence-corrected chi connectivity index (χ4v) is 2.32. The second kappa shape index (κ2) is 4.12. The molecule has 0 bridgehead atoms. The number of carbonyl (C=O) groups is 1. The van der Waals surface area contributed by atoms with Gasteiger partial charge in [-0.1, -0.05) is 0 Å². The first kappa shape index (κ1) is 12.8. The van der Waals surface area contributed by atoms with Crippen molar-refractivity contribution in [3.05, 3.63) is 29.1 Å². The molecule has 0 fully saturated rings. The molecule has 2 aromatic rings. The minimum Gasteiger partial charge on any atom is -0.493 e. The molecule has 0 saturated heterocycles.